The maximum atomic E-state index is 10.5. The molecule has 1 aromatic heterocycles. The lowest BCUT2D eigenvalue weighted by atomic mass is 10.2. The van der Waals surface area contributed by atoms with Crippen molar-refractivity contribution in [2.45, 2.75) is 32.3 Å². The van der Waals surface area contributed by atoms with E-state index >= 15 is 0 Å². The number of ether oxygens (including phenoxy) is 1. The standard InChI is InChI=1S/C10H12N2O3/c1-2-8-9(15-7-3-4-7)5-6-10(11-8)12(13)14/h5-7H,2-4H2,1H3. The molecule has 15 heavy (non-hydrogen) atoms. The maximum Gasteiger partial charge on any atom is 0.363 e. The van der Waals surface area contributed by atoms with Crippen LogP contribution in [0, 0.1) is 10.1 Å². The van der Waals surface area contributed by atoms with Gasteiger partial charge in [-0.1, -0.05) is 6.92 Å². The molecule has 1 saturated carbocycles. The molecule has 0 unspecified atom stereocenters. The maximum absolute atomic E-state index is 10.5. The zero-order chi connectivity index (χ0) is 10.8. The topological polar surface area (TPSA) is 65.3 Å². The molecule has 0 aliphatic heterocycles. The van der Waals surface area contributed by atoms with Crippen molar-refractivity contribution in [1.82, 2.24) is 4.98 Å². The Morgan fingerprint density at radius 3 is 2.87 bits per heavy atom. The van der Waals surface area contributed by atoms with Crippen LogP contribution < -0.4 is 4.74 Å². The summed E-state index contributed by atoms with van der Waals surface area (Å²) >= 11 is 0. The summed E-state index contributed by atoms with van der Waals surface area (Å²) in [6.45, 7) is 1.91. The van der Waals surface area contributed by atoms with E-state index in [9.17, 15) is 10.1 Å². The summed E-state index contributed by atoms with van der Waals surface area (Å²) < 4.78 is 5.60. The molecule has 1 fully saturated rings. The monoisotopic (exact) mass is 208 g/mol. The van der Waals surface area contributed by atoms with Gasteiger partial charge in [0.15, 0.2) is 11.4 Å². The number of hydrogen-bond acceptors (Lipinski definition) is 4. The Morgan fingerprint density at radius 2 is 2.33 bits per heavy atom. The van der Waals surface area contributed by atoms with E-state index in [0.29, 0.717) is 24.0 Å². The van der Waals surface area contributed by atoms with E-state index in [1.54, 1.807) is 6.07 Å². The summed E-state index contributed by atoms with van der Waals surface area (Å²) in [4.78, 5) is 14.0. The van der Waals surface area contributed by atoms with Gasteiger partial charge in [0.05, 0.1) is 6.10 Å². The third kappa shape index (κ3) is 2.23. The molecule has 0 saturated heterocycles. The Labute approximate surface area is 87.2 Å². The number of pyridine rings is 1. The molecule has 0 N–H and O–H groups in total. The number of aryl methyl sites for hydroxylation is 1. The zero-order valence-corrected chi connectivity index (χ0v) is 8.47. The molecule has 2 rings (SSSR count). The fourth-order valence-corrected chi connectivity index (χ4v) is 1.30. The van der Waals surface area contributed by atoms with E-state index in [4.69, 9.17) is 4.74 Å². The summed E-state index contributed by atoms with van der Waals surface area (Å²) in [5.74, 6) is 0.570. The minimum absolute atomic E-state index is 0.116. The van der Waals surface area contributed by atoms with Gasteiger partial charge in [-0.05, 0) is 28.8 Å². The van der Waals surface area contributed by atoms with Crippen LogP contribution in [0.3, 0.4) is 0 Å². The summed E-state index contributed by atoms with van der Waals surface area (Å²) in [7, 11) is 0. The second-order valence-electron chi connectivity index (χ2n) is 3.54. The molecule has 0 bridgehead atoms. The molecule has 0 radical (unpaired) electrons. The fourth-order valence-electron chi connectivity index (χ4n) is 1.30. The molecule has 0 spiro atoms. The number of nitrogens with zero attached hydrogens (tertiary/aromatic N) is 2. The van der Waals surface area contributed by atoms with Crippen molar-refractivity contribution in [3.8, 4) is 5.75 Å². The number of rotatable bonds is 4. The average Bonchev–Trinajstić information content (AvgIpc) is 3.02. The Kier molecular flexibility index (Phi) is 2.53. The van der Waals surface area contributed by atoms with Crippen LogP contribution in [-0.4, -0.2) is 16.0 Å². The molecule has 0 atom stereocenters. The lowest BCUT2D eigenvalue weighted by Crippen LogP contribution is -2.03. The summed E-state index contributed by atoms with van der Waals surface area (Å²) in [6.07, 6.45) is 3.07. The van der Waals surface area contributed by atoms with Crippen molar-refractivity contribution in [3.05, 3.63) is 27.9 Å². The van der Waals surface area contributed by atoms with Gasteiger partial charge in [0.25, 0.3) is 0 Å². The van der Waals surface area contributed by atoms with Gasteiger partial charge in [-0.3, -0.25) is 0 Å². The van der Waals surface area contributed by atoms with Gasteiger partial charge in [0.2, 0.25) is 0 Å². The first kappa shape index (κ1) is 9.89. The van der Waals surface area contributed by atoms with Gasteiger partial charge < -0.3 is 14.9 Å². The molecule has 1 heterocycles. The molecule has 5 heteroatoms. The van der Waals surface area contributed by atoms with Crippen LogP contribution >= 0.6 is 0 Å². The first-order valence-corrected chi connectivity index (χ1v) is 5.01. The number of hydrogen-bond donors (Lipinski definition) is 0. The molecule has 5 nitrogen and oxygen atoms in total. The molecule has 1 aliphatic rings. The first-order chi connectivity index (χ1) is 7.20. The van der Waals surface area contributed by atoms with Crippen molar-refractivity contribution in [2.75, 3.05) is 0 Å². The highest BCUT2D eigenvalue weighted by Gasteiger charge is 2.26. The lowest BCUT2D eigenvalue weighted by molar-refractivity contribution is -0.389. The Bertz CT molecular complexity index is 388. The summed E-state index contributed by atoms with van der Waals surface area (Å²) in [5, 5.41) is 10.5. The van der Waals surface area contributed by atoms with Crippen LogP contribution in [-0.2, 0) is 6.42 Å². The van der Waals surface area contributed by atoms with Gasteiger partial charge in [0.1, 0.15) is 0 Å². The molecule has 80 valence electrons. The minimum Gasteiger partial charge on any atom is -0.486 e. The van der Waals surface area contributed by atoms with E-state index in [0.717, 1.165) is 12.8 Å². The smallest absolute Gasteiger partial charge is 0.363 e. The van der Waals surface area contributed by atoms with Gasteiger partial charge >= 0.3 is 5.82 Å². The second kappa shape index (κ2) is 3.84. The predicted octanol–water partition coefficient (Wildman–Crippen LogP) is 2.09. The van der Waals surface area contributed by atoms with Crippen LogP contribution in [0.1, 0.15) is 25.5 Å². The van der Waals surface area contributed by atoms with Gasteiger partial charge in [-0.25, -0.2) is 0 Å². The van der Waals surface area contributed by atoms with Gasteiger partial charge in [-0.15, -0.1) is 0 Å². The van der Waals surface area contributed by atoms with Crippen LogP contribution in [0.4, 0.5) is 5.82 Å². The Balaban J connectivity index is 2.25. The summed E-state index contributed by atoms with van der Waals surface area (Å²) in [6, 6.07) is 3.03. The van der Waals surface area contributed by atoms with Crippen LogP contribution in [0.5, 0.6) is 5.75 Å². The molecule has 1 aromatic rings. The summed E-state index contributed by atoms with van der Waals surface area (Å²) in [5.41, 5.74) is 0.663. The van der Waals surface area contributed by atoms with Crippen molar-refractivity contribution in [1.29, 1.82) is 0 Å². The van der Waals surface area contributed by atoms with Crippen LogP contribution in [0.15, 0.2) is 12.1 Å². The number of aromatic nitrogens is 1. The lowest BCUT2D eigenvalue weighted by Gasteiger charge is -2.05. The predicted molar refractivity (Wildman–Crippen MR) is 53.9 cm³/mol. The second-order valence-corrected chi connectivity index (χ2v) is 3.54. The van der Waals surface area contributed by atoms with Crippen LogP contribution in [0.2, 0.25) is 0 Å². The molecule has 0 aromatic carbocycles. The minimum atomic E-state index is -0.486. The quantitative estimate of drug-likeness (QED) is 0.561. The largest absolute Gasteiger partial charge is 0.486 e. The van der Waals surface area contributed by atoms with E-state index < -0.39 is 4.92 Å². The van der Waals surface area contributed by atoms with Crippen molar-refractivity contribution in [2.24, 2.45) is 0 Å². The SMILES string of the molecule is CCc1nc([N+](=O)[O-])ccc1OC1CC1. The van der Waals surface area contributed by atoms with E-state index in [2.05, 4.69) is 4.98 Å². The van der Waals surface area contributed by atoms with Crippen molar-refractivity contribution in [3.63, 3.8) is 0 Å². The molecular weight excluding hydrogens is 196 g/mol. The van der Waals surface area contributed by atoms with E-state index in [-0.39, 0.29) is 5.82 Å². The molecular formula is C10H12N2O3. The zero-order valence-electron chi connectivity index (χ0n) is 8.47. The first-order valence-electron chi connectivity index (χ1n) is 5.01. The van der Waals surface area contributed by atoms with Gasteiger partial charge in [0, 0.05) is 12.5 Å². The molecule has 1 aliphatic carbocycles. The van der Waals surface area contributed by atoms with Gasteiger partial charge in [-0.2, -0.15) is 0 Å². The highest BCUT2D eigenvalue weighted by molar-refractivity contribution is 5.34. The van der Waals surface area contributed by atoms with Crippen LogP contribution in [0.25, 0.3) is 0 Å². The van der Waals surface area contributed by atoms with Crippen molar-refractivity contribution >= 4 is 5.82 Å². The highest BCUT2D eigenvalue weighted by atomic mass is 16.6. The normalized spacial score (nSPS) is 15.0. The highest BCUT2D eigenvalue weighted by Crippen LogP contribution is 2.29. The fraction of sp³-hybridized carbons (Fsp3) is 0.500. The third-order valence-corrected chi connectivity index (χ3v) is 2.26. The van der Waals surface area contributed by atoms with Crippen molar-refractivity contribution < 1.29 is 9.66 Å². The van der Waals surface area contributed by atoms with E-state index in [1.165, 1.54) is 6.07 Å². The Morgan fingerprint density at radius 1 is 1.60 bits per heavy atom. The number of nitro groups is 1. The Hall–Kier alpha value is -1.65. The van der Waals surface area contributed by atoms with E-state index in [1.807, 2.05) is 6.92 Å². The average molecular weight is 208 g/mol. The third-order valence-electron chi connectivity index (χ3n) is 2.26. The molecule has 0 amide bonds.